The Kier molecular flexibility index (Phi) is 6.94. The van der Waals surface area contributed by atoms with Crippen molar-refractivity contribution in [3.63, 3.8) is 0 Å². The zero-order valence-electron chi connectivity index (χ0n) is 21.3. The van der Waals surface area contributed by atoms with Gasteiger partial charge < -0.3 is 34.4 Å². The van der Waals surface area contributed by atoms with E-state index < -0.39 is 36.7 Å². The first-order valence-corrected chi connectivity index (χ1v) is 12.8. The molecule has 0 spiro atoms. The summed E-state index contributed by atoms with van der Waals surface area (Å²) in [6.07, 6.45) is -3.11. The highest BCUT2D eigenvalue weighted by molar-refractivity contribution is 5.85. The van der Waals surface area contributed by atoms with E-state index in [1.807, 2.05) is 7.05 Å². The van der Waals surface area contributed by atoms with Crippen LogP contribution in [0.2, 0.25) is 0 Å². The Morgan fingerprint density at radius 2 is 1.83 bits per heavy atom. The summed E-state index contributed by atoms with van der Waals surface area (Å²) < 4.78 is 18.1. The van der Waals surface area contributed by atoms with Gasteiger partial charge in [-0.25, -0.2) is 4.79 Å². The predicted octanol–water partition coefficient (Wildman–Crippen LogP) is 0.404. The lowest BCUT2D eigenvalue weighted by Gasteiger charge is -2.39. The molecule has 4 heterocycles. The third kappa shape index (κ3) is 4.26. The average molecular weight is 505 g/mol. The van der Waals surface area contributed by atoms with Gasteiger partial charge in [-0.3, -0.25) is 4.68 Å². The van der Waals surface area contributed by atoms with E-state index in [0.29, 0.717) is 23.5 Å². The maximum absolute atomic E-state index is 12.1. The van der Waals surface area contributed by atoms with E-state index >= 15 is 0 Å². The van der Waals surface area contributed by atoms with Crippen molar-refractivity contribution in [3.8, 4) is 5.88 Å². The number of aliphatic hydroxyl groups is 3. The van der Waals surface area contributed by atoms with E-state index in [9.17, 15) is 20.1 Å². The van der Waals surface area contributed by atoms with Crippen molar-refractivity contribution in [1.82, 2.24) is 19.7 Å². The van der Waals surface area contributed by atoms with E-state index in [4.69, 9.17) is 19.6 Å². The molecular weight excluding hydrogens is 468 g/mol. The van der Waals surface area contributed by atoms with Gasteiger partial charge in [0.1, 0.15) is 18.3 Å². The molecule has 1 aliphatic carbocycles. The molecule has 198 valence electrons. The largest absolute Gasteiger partial charge is 0.467 e. The van der Waals surface area contributed by atoms with Crippen LogP contribution >= 0.6 is 0 Å². The van der Waals surface area contributed by atoms with Crippen molar-refractivity contribution < 1.29 is 34.3 Å². The molecule has 0 bridgehead atoms. The maximum atomic E-state index is 12.1. The van der Waals surface area contributed by atoms with Gasteiger partial charge in [0.05, 0.1) is 12.8 Å². The molecule has 0 amide bonds. The van der Waals surface area contributed by atoms with Crippen LogP contribution in [0.5, 0.6) is 5.88 Å². The Morgan fingerprint density at radius 3 is 2.50 bits per heavy atom. The summed E-state index contributed by atoms with van der Waals surface area (Å²) in [5.41, 5.74) is 3.86. The average Bonchev–Trinajstić information content (AvgIpc) is 3.49. The van der Waals surface area contributed by atoms with Crippen LogP contribution in [0.25, 0.3) is 11.0 Å². The number of carbonyl (C=O) groups is 1. The van der Waals surface area contributed by atoms with Crippen LogP contribution in [0.3, 0.4) is 0 Å². The molecule has 11 nitrogen and oxygen atoms in total. The lowest BCUT2D eigenvalue weighted by molar-refractivity contribution is -0.272. The number of aromatic nitrogens is 3. The zero-order valence-corrected chi connectivity index (χ0v) is 21.3. The highest BCUT2D eigenvalue weighted by Crippen LogP contribution is 2.40. The van der Waals surface area contributed by atoms with E-state index in [1.54, 1.807) is 4.68 Å². The molecular formula is C25H36N4O7. The standard InChI is InChI=1S/C25H36N4O7/c1-12(2)29-10-9-13(11-29)17-16-14-7-5-6-8-15(14)23(26-22(16)28(3)27-17)36-25-20(32)18(30)19(31)21(35-25)24(33)34-4/h12-13,18-21,25,30-32H,5-11H2,1-4H3/t13?,18-,19-,20+,21-,25-/m0/s1. The summed E-state index contributed by atoms with van der Waals surface area (Å²) in [6, 6.07) is 0.488. The van der Waals surface area contributed by atoms with Crippen molar-refractivity contribution >= 4 is 17.0 Å². The summed E-state index contributed by atoms with van der Waals surface area (Å²) in [5.74, 6) is -0.245. The van der Waals surface area contributed by atoms with Gasteiger partial charge in [0.2, 0.25) is 12.2 Å². The first-order valence-electron chi connectivity index (χ1n) is 12.8. The van der Waals surface area contributed by atoms with Crippen LogP contribution in [-0.2, 0) is 34.2 Å². The molecule has 36 heavy (non-hydrogen) atoms. The first kappa shape index (κ1) is 25.3. The number of methoxy groups -OCH3 is 1. The van der Waals surface area contributed by atoms with Crippen LogP contribution in [0.15, 0.2) is 0 Å². The number of nitrogens with zero attached hydrogens (tertiary/aromatic N) is 4. The van der Waals surface area contributed by atoms with Gasteiger partial charge in [0, 0.05) is 36.5 Å². The molecule has 6 atom stereocenters. The minimum atomic E-state index is -1.65. The third-order valence-corrected chi connectivity index (χ3v) is 7.85. The molecule has 1 unspecified atom stereocenters. The molecule has 0 saturated carbocycles. The maximum Gasteiger partial charge on any atom is 0.337 e. The number of pyridine rings is 1. The minimum absolute atomic E-state index is 0.290. The molecule has 3 N–H and O–H groups in total. The van der Waals surface area contributed by atoms with Gasteiger partial charge >= 0.3 is 5.97 Å². The fourth-order valence-electron chi connectivity index (χ4n) is 5.76. The molecule has 0 aromatic carbocycles. The second-order valence-corrected chi connectivity index (χ2v) is 10.4. The summed E-state index contributed by atoms with van der Waals surface area (Å²) in [5, 5.41) is 37.1. The number of aliphatic hydroxyl groups excluding tert-OH is 3. The van der Waals surface area contributed by atoms with Gasteiger partial charge in [-0.05, 0) is 58.1 Å². The second kappa shape index (κ2) is 9.86. The number of ether oxygens (including phenoxy) is 3. The van der Waals surface area contributed by atoms with Gasteiger partial charge in [-0.2, -0.15) is 10.1 Å². The number of likely N-dealkylation sites (tertiary alicyclic amines) is 1. The van der Waals surface area contributed by atoms with E-state index in [1.165, 1.54) is 0 Å². The van der Waals surface area contributed by atoms with Crippen LogP contribution in [0.4, 0.5) is 0 Å². The molecule has 5 rings (SSSR count). The molecule has 2 saturated heterocycles. The van der Waals surface area contributed by atoms with Crippen molar-refractivity contribution in [2.45, 2.75) is 88.6 Å². The SMILES string of the molecule is COC(=O)[C@H]1O[C@@H](Oc2nc3c(c(C4CCN(C(C)C)C4)nn3C)c3c2CCCC3)[C@H](O)[C@@H](O)[C@@H]1O. The molecule has 3 aliphatic rings. The number of aryl methyl sites for hydroxylation is 2. The van der Waals surface area contributed by atoms with Gasteiger partial charge in [0.15, 0.2) is 11.8 Å². The number of carbonyl (C=O) groups excluding carboxylic acids is 1. The lowest BCUT2D eigenvalue weighted by Crippen LogP contribution is -2.61. The van der Waals surface area contributed by atoms with Crippen LogP contribution < -0.4 is 4.74 Å². The van der Waals surface area contributed by atoms with Crippen molar-refractivity contribution in [2.75, 3.05) is 20.2 Å². The molecule has 2 fully saturated rings. The summed E-state index contributed by atoms with van der Waals surface area (Å²) in [6.45, 7) is 6.44. The Morgan fingerprint density at radius 1 is 1.11 bits per heavy atom. The fraction of sp³-hybridized carbons (Fsp3) is 0.720. The predicted molar refractivity (Wildman–Crippen MR) is 129 cm³/mol. The van der Waals surface area contributed by atoms with Crippen molar-refractivity contribution in [1.29, 1.82) is 0 Å². The molecule has 2 aromatic rings. The van der Waals surface area contributed by atoms with Gasteiger partial charge in [-0.1, -0.05) is 0 Å². The van der Waals surface area contributed by atoms with E-state index in [0.717, 1.165) is 74.5 Å². The normalized spacial score (nSPS) is 31.1. The number of hydrogen-bond acceptors (Lipinski definition) is 10. The first-order chi connectivity index (χ1) is 17.2. The van der Waals surface area contributed by atoms with Crippen molar-refractivity contribution in [2.24, 2.45) is 7.05 Å². The number of fused-ring (bicyclic) bond motifs is 3. The Bertz CT molecular complexity index is 1140. The number of rotatable bonds is 5. The fourth-order valence-corrected chi connectivity index (χ4v) is 5.76. The summed E-state index contributed by atoms with van der Waals surface area (Å²) in [7, 11) is 3.02. The molecule has 2 aliphatic heterocycles. The summed E-state index contributed by atoms with van der Waals surface area (Å²) >= 11 is 0. The quantitative estimate of drug-likeness (QED) is 0.491. The molecule has 2 aromatic heterocycles. The van der Waals surface area contributed by atoms with E-state index in [2.05, 4.69) is 23.5 Å². The van der Waals surface area contributed by atoms with Crippen LogP contribution in [-0.4, -0.2) is 97.9 Å². The van der Waals surface area contributed by atoms with Gasteiger partial charge in [0.25, 0.3) is 0 Å². The highest BCUT2D eigenvalue weighted by Gasteiger charge is 2.49. The topological polar surface area (TPSA) is 139 Å². The van der Waals surface area contributed by atoms with Crippen LogP contribution in [0.1, 0.15) is 55.8 Å². The summed E-state index contributed by atoms with van der Waals surface area (Å²) in [4.78, 5) is 19.4. The molecule has 0 radical (unpaired) electrons. The highest BCUT2D eigenvalue weighted by atomic mass is 16.7. The van der Waals surface area contributed by atoms with Crippen molar-refractivity contribution in [3.05, 3.63) is 16.8 Å². The molecule has 11 heteroatoms. The van der Waals surface area contributed by atoms with Gasteiger partial charge in [-0.15, -0.1) is 0 Å². The number of hydrogen-bond donors (Lipinski definition) is 3. The smallest absolute Gasteiger partial charge is 0.337 e. The van der Waals surface area contributed by atoms with Crippen LogP contribution in [0, 0.1) is 0 Å². The Balaban J connectivity index is 1.52. The minimum Gasteiger partial charge on any atom is -0.467 e. The zero-order chi connectivity index (χ0) is 25.7. The third-order valence-electron chi connectivity index (χ3n) is 7.85. The Hall–Kier alpha value is -2.31. The second-order valence-electron chi connectivity index (χ2n) is 10.4. The lowest BCUT2D eigenvalue weighted by atomic mass is 9.88. The number of esters is 1. The van der Waals surface area contributed by atoms with E-state index in [-0.39, 0.29) is 0 Å². The monoisotopic (exact) mass is 504 g/mol. The Labute approximate surface area is 210 Å².